The molecular formula is C10H11ClN4. The van der Waals surface area contributed by atoms with Gasteiger partial charge in [0.05, 0.1) is 11.2 Å². The summed E-state index contributed by atoms with van der Waals surface area (Å²) in [6.45, 7) is 1.86. The van der Waals surface area contributed by atoms with Crippen LogP contribution in [0.3, 0.4) is 0 Å². The molecule has 0 aliphatic heterocycles. The van der Waals surface area contributed by atoms with Gasteiger partial charge in [-0.05, 0) is 25.1 Å². The first-order chi connectivity index (χ1) is 7.08. The lowest BCUT2D eigenvalue weighted by molar-refractivity contribution is 0.789. The van der Waals surface area contributed by atoms with Crippen molar-refractivity contribution in [2.75, 3.05) is 5.73 Å². The van der Waals surface area contributed by atoms with Crippen LogP contribution in [0, 0.1) is 0 Å². The minimum atomic E-state index is -0.182. The fraction of sp³-hybridized carbons (Fsp3) is 0.200. The molecule has 1 heterocycles. The van der Waals surface area contributed by atoms with E-state index in [0.717, 1.165) is 16.6 Å². The largest absolute Gasteiger partial charge is 0.368 e. The highest BCUT2D eigenvalue weighted by Gasteiger charge is 2.09. The predicted octanol–water partition coefficient (Wildman–Crippen LogP) is 1.89. The summed E-state index contributed by atoms with van der Waals surface area (Å²) in [4.78, 5) is 8.24. The molecule has 2 rings (SSSR count). The van der Waals surface area contributed by atoms with E-state index in [0.29, 0.717) is 5.02 Å². The van der Waals surface area contributed by atoms with Gasteiger partial charge in [0, 0.05) is 16.5 Å². The van der Waals surface area contributed by atoms with Crippen molar-refractivity contribution in [3.05, 3.63) is 28.9 Å². The molecular weight excluding hydrogens is 212 g/mol. The van der Waals surface area contributed by atoms with Gasteiger partial charge in [0.1, 0.15) is 0 Å². The Bertz CT molecular complexity index is 505. The predicted molar refractivity (Wildman–Crippen MR) is 61.6 cm³/mol. The first kappa shape index (κ1) is 10.1. The monoisotopic (exact) mass is 222 g/mol. The Morgan fingerprint density at radius 1 is 1.33 bits per heavy atom. The second-order valence-electron chi connectivity index (χ2n) is 3.42. The summed E-state index contributed by atoms with van der Waals surface area (Å²) in [6.07, 6.45) is 0. The van der Waals surface area contributed by atoms with E-state index >= 15 is 0 Å². The van der Waals surface area contributed by atoms with Crippen LogP contribution in [0.25, 0.3) is 10.9 Å². The van der Waals surface area contributed by atoms with Crippen LogP contribution in [-0.4, -0.2) is 9.97 Å². The van der Waals surface area contributed by atoms with Crippen molar-refractivity contribution in [3.8, 4) is 0 Å². The van der Waals surface area contributed by atoms with Crippen molar-refractivity contribution in [2.24, 2.45) is 5.73 Å². The number of nitrogens with zero attached hydrogens (tertiary/aromatic N) is 2. The van der Waals surface area contributed by atoms with E-state index in [-0.39, 0.29) is 12.0 Å². The number of nitrogen functional groups attached to an aromatic ring is 1. The molecule has 0 aliphatic carbocycles. The third kappa shape index (κ3) is 1.86. The van der Waals surface area contributed by atoms with Crippen molar-refractivity contribution < 1.29 is 0 Å². The fourth-order valence-corrected chi connectivity index (χ4v) is 1.66. The van der Waals surface area contributed by atoms with Gasteiger partial charge in [0.25, 0.3) is 0 Å². The molecule has 0 spiro atoms. The van der Waals surface area contributed by atoms with Crippen LogP contribution in [0.2, 0.25) is 5.02 Å². The van der Waals surface area contributed by atoms with Gasteiger partial charge in [0.2, 0.25) is 5.95 Å². The van der Waals surface area contributed by atoms with Crippen molar-refractivity contribution in [1.29, 1.82) is 0 Å². The highest BCUT2D eigenvalue weighted by Crippen LogP contribution is 2.23. The first-order valence-corrected chi connectivity index (χ1v) is 4.94. The molecule has 1 aromatic heterocycles. The lowest BCUT2D eigenvalue weighted by Gasteiger charge is -2.09. The van der Waals surface area contributed by atoms with Gasteiger partial charge in [-0.1, -0.05) is 11.6 Å². The van der Waals surface area contributed by atoms with Crippen LogP contribution >= 0.6 is 11.6 Å². The third-order valence-electron chi connectivity index (χ3n) is 2.14. The SMILES string of the molecule is CC(N)c1nc(N)nc2cc(Cl)ccc12. The van der Waals surface area contributed by atoms with Crippen LogP contribution in [0.4, 0.5) is 5.95 Å². The molecule has 1 atom stereocenters. The number of benzene rings is 1. The summed E-state index contributed by atoms with van der Waals surface area (Å²) in [5.74, 6) is 0.220. The van der Waals surface area contributed by atoms with Gasteiger partial charge in [-0.25, -0.2) is 9.97 Å². The van der Waals surface area contributed by atoms with Gasteiger partial charge < -0.3 is 11.5 Å². The summed E-state index contributed by atoms with van der Waals surface area (Å²) in [5, 5.41) is 1.51. The summed E-state index contributed by atoms with van der Waals surface area (Å²) in [7, 11) is 0. The summed E-state index contributed by atoms with van der Waals surface area (Å²) in [6, 6.07) is 5.21. The van der Waals surface area contributed by atoms with Gasteiger partial charge >= 0.3 is 0 Å². The highest BCUT2D eigenvalue weighted by molar-refractivity contribution is 6.31. The van der Waals surface area contributed by atoms with Crippen LogP contribution in [0.15, 0.2) is 18.2 Å². The lowest BCUT2D eigenvalue weighted by Crippen LogP contribution is -2.10. The summed E-state index contributed by atoms with van der Waals surface area (Å²) >= 11 is 5.87. The molecule has 4 N–H and O–H groups in total. The number of hydrogen-bond acceptors (Lipinski definition) is 4. The quantitative estimate of drug-likeness (QED) is 0.773. The van der Waals surface area contributed by atoms with Gasteiger partial charge in [0.15, 0.2) is 0 Å². The van der Waals surface area contributed by atoms with Gasteiger partial charge in [-0.2, -0.15) is 0 Å². The number of aromatic nitrogens is 2. The van der Waals surface area contributed by atoms with E-state index in [2.05, 4.69) is 9.97 Å². The van der Waals surface area contributed by atoms with Crippen LogP contribution in [0.5, 0.6) is 0 Å². The maximum Gasteiger partial charge on any atom is 0.220 e. The molecule has 0 bridgehead atoms. The molecule has 1 aromatic carbocycles. The van der Waals surface area contributed by atoms with Crippen molar-refractivity contribution in [3.63, 3.8) is 0 Å². The number of anilines is 1. The normalized spacial score (nSPS) is 13.0. The molecule has 0 saturated heterocycles. The smallest absolute Gasteiger partial charge is 0.220 e. The van der Waals surface area contributed by atoms with E-state index in [1.165, 1.54) is 0 Å². The van der Waals surface area contributed by atoms with E-state index in [1.54, 1.807) is 12.1 Å². The Kier molecular flexibility index (Phi) is 2.46. The zero-order valence-corrected chi connectivity index (χ0v) is 8.99. The van der Waals surface area contributed by atoms with E-state index in [4.69, 9.17) is 23.1 Å². The second kappa shape index (κ2) is 3.64. The van der Waals surface area contributed by atoms with Crippen LogP contribution < -0.4 is 11.5 Å². The topological polar surface area (TPSA) is 77.8 Å². The molecule has 0 aliphatic rings. The van der Waals surface area contributed by atoms with Crippen LogP contribution in [0.1, 0.15) is 18.7 Å². The van der Waals surface area contributed by atoms with Crippen molar-refractivity contribution >= 4 is 28.5 Å². The highest BCUT2D eigenvalue weighted by atomic mass is 35.5. The fourth-order valence-electron chi connectivity index (χ4n) is 1.49. The minimum absolute atomic E-state index is 0.182. The molecule has 15 heavy (non-hydrogen) atoms. The summed E-state index contributed by atoms with van der Waals surface area (Å²) < 4.78 is 0. The Hall–Kier alpha value is -1.39. The zero-order chi connectivity index (χ0) is 11.0. The van der Waals surface area contributed by atoms with Crippen LogP contribution in [-0.2, 0) is 0 Å². The molecule has 1 unspecified atom stereocenters. The molecule has 0 fully saturated rings. The second-order valence-corrected chi connectivity index (χ2v) is 3.85. The number of rotatable bonds is 1. The van der Waals surface area contributed by atoms with Crippen molar-refractivity contribution in [1.82, 2.24) is 9.97 Å². The van der Waals surface area contributed by atoms with Gasteiger partial charge in [-0.15, -0.1) is 0 Å². The zero-order valence-electron chi connectivity index (χ0n) is 8.24. The Labute approximate surface area is 92.3 Å². The van der Waals surface area contributed by atoms with E-state index in [1.807, 2.05) is 13.0 Å². The average Bonchev–Trinajstić information content (AvgIpc) is 2.15. The minimum Gasteiger partial charge on any atom is -0.368 e. The van der Waals surface area contributed by atoms with E-state index < -0.39 is 0 Å². The number of nitrogens with two attached hydrogens (primary N) is 2. The lowest BCUT2D eigenvalue weighted by atomic mass is 10.1. The third-order valence-corrected chi connectivity index (χ3v) is 2.37. The maximum atomic E-state index is 5.87. The van der Waals surface area contributed by atoms with E-state index in [9.17, 15) is 0 Å². The molecule has 78 valence electrons. The molecule has 2 aromatic rings. The number of halogens is 1. The standard InChI is InChI=1S/C10H11ClN4/c1-5(12)9-7-3-2-6(11)4-8(7)14-10(13)15-9/h2-5H,12H2,1H3,(H2,13,14,15). The number of hydrogen-bond donors (Lipinski definition) is 2. The number of fused-ring (bicyclic) bond motifs is 1. The van der Waals surface area contributed by atoms with Crippen molar-refractivity contribution in [2.45, 2.75) is 13.0 Å². The molecule has 0 saturated carbocycles. The Morgan fingerprint density at radius 2 is 2.07 bits per heavy atom. The Morgan fingerprint density at radius 3 is 2.73 bits per heavy atom. The molecule has 0 radical (unpaired) electrons. The molecule has 0 amide bonds. The summed E-state index contributed by atoms with van der Waals surface area (Å²) in [5.41, 5.74) is 12.9. The first-order valence-electron chi connectivity index (χ1n) is 4.56. The maximum absolute atomic E-state index is 5.87. The molecule has 4 nitrogen and oxygen atoms in total. The van der Waals surface area contributed by atoms with Gasteiger partial charge in [-0.3, -0.25) is 0 Å². The Balaban J connectivity index is 2.80. The molecule has 5 heteroatoms. The average molecular weight is 223 g/mol.